The van der Waals surface area contributed by atoms with Crippen LogP contribution < -0.4 is 10.6 Å². The van der Waals surface area contributed by atoms with Crippen LogP contribution in [0, 0.1) is 6.92 Å². The largest absolute Gasteiger partial charge is 0.346 e. The lowest BCUT2D eigenvalue weighted by atomic mass is 10.1. The third kappa shape index (κ3) is 4.57. The molecular weight excluding hydrogens is 396 g/mol. The SMILES string of the molecule is Cc1nc(-c2ccccc2)sc1CNC(=O)c1cn(C2CCNCC2)nn1.Cl. The summed E-state index contributed by atoms with van der Waals surface area (Å²) in [5.74, 6) is -0.204. The van der Waals surface area contributed by atoms with Crippen LogP contribution in [0.15, 0.2) is 36.5 Å². The highest BCUT2D eigenvalue weighted by Gasteiger charge is 2.19. The molecule has 0 saturated carbocycles. The van der Waals surface area contributed by atoms with Crippen LogP contribution in [0.25, 0.3) is 10.6 Å². The minimum absolute atomic E-state index is 0. The topological polar surface area (TPSA) is 84.7 Å². The van der Waals surface area contributed by atoms with Gasteiger partial charge in [-0.2, -0.15) is 0 Å². The van der Waals surface area contributed by atoms with Gasteiger partial charge in [0.2, 0.25) is 0 Å². The van der Waals surface area contributed by atoms with Gasteiger partial charge in [-0.1, -0.05) is 35.5 Å². The normalized spacial score (nSPS) is 14.5. The molecule has 148 valence electrons. The van der Waals surface area contributed by atoms with Gasteiger partial charge in [0.05, 0.1) is 24.5 Å². The molecule has 4 rings (SSSR count). The highest BCUT2D eigenvalue weighted by Crippen LogP contribution is 2.27. The number of benzene rings is 1. The first-order chi connectivity index (χ1) is 13.2. The Bertz CT molecular complexity index is 920. The molecule has 0 spiro atoms. The molecule has 1 aliphatic rings. The second kappa shape index (κ2) is 9.27. The maximum absolute atomic E-state index is 12.4. The van der Waals surface area contributed by atoms with E-state index in [1.807, 2.05) is 41.9 Å². The number of carbonyl (C=O) groups excluding carboxylic acids is 1. The van der Waals surface area contributed by atoms with Gasteiger partial charge in [-0.05, 0) is 32.9 Å². The molecule has 1 saturated heterocycles. The Hall–Kier alpha value is -2.29. The smallest absolute Gasteiger partial charge is 0.273 e. The third-order valence-electron chi connectivity index (χ3n) is 4.75. The van der Waals surface area contributed by atoms with Crippen molar-refractivity contribution in [3.05, 3.63) is 52.8 Å². The molecule has 3 aromatic rings. The lowest BCUT2D eigenvalue weighted by Crippen LogP contribution is -2.29. The molecule has 3 heterocycles. The summed E-state index contributed by atoms with van der Waals surface area (Å²) in [7, 11) is 0. The Labute approximate surface area is 174 Å². The number of aromatic nitrogens is 4. The van der Waals surface area contributed by atoms with E-state index in [4.69, 9.17) is 0 Å². The number of piperidine rings is 1. The summed E-state index contributed by atoms with van der Waals surface area (Å²) in [6, 6.07) is 10.4. The second-order valence-corrected chi connectivity index (χ2v) is 7.72. The van der Waals surface area contributed by atoms with Crippen LogP contribution in [0.5, 0.6) is 0 Å². The van der Waals surface area contributed by atoms with Gasteiger partial charge in [-0.25, -0.2) is 9.67 Å². The summed E-state index contributed by atoms with van der Waals surface area (Å²) < 4.78 is 1.82. The van der Waals surface area contributed by atoms with Gasteiger partial charge < -0.3 is 10.6 Å². The Morgan fingerprint density at radius 2 is 2.04 bits per heavy atom. The summed E-state index contributed by atoms with van der Waals surface area (Å²) in [4.78, 5) is 18.1. The van der Waals surface area contributed by atoms with Crippen LogP contribution in [0.2, 0.25) is 0 Å². The molecule has 2 aromatic heterocycles. The van der Waals surface area contributed by atoms with Crippen molar-refractivity contribution in [2.24, 2.45) is 0 Å². The number of hydrogen-bond acceptors (Lipinski definition) is 6. The number of aryl methyl sites for hydroxylation is 1. The third-order valence-corrected chi connectivity index (χ3v) is 5.96. The standard InChI is InChI=1S/C19H22N6OS.ClH/c1-13-17(27-19(22-13)14-5-3-2-4-6-14)11-21-18(26)16-12-25(24-23-16)15-7-9-20-10-8-15;/h2-6,12,15,20H,7-11H2,1H3,(H,21,26);1H. The first-order valence-corrected chi connectivity index (χ1v) is 9.95. The summed E-state index contributed by atoms with van der Waals surface area (Å²) in [6.45, 7) is 4.36. The molecule has 1 aromatic carbocycles. The van der Waals surface area contributed by atoms with Gasteiger partial charge >= 0.3 is 0 Å². The van der Waals surface area contributed by atoms with E-state index in [9.17, 15) is 4.79 Å². The van der Waals surface area contributed by atoms with Gasteiger partial charge in [0.25, 0.3) is 5.91 Å². The van der Waals surface area contributed by atoms with Crippen LogP contribution in [-0.2, 0) is 6.54 Å². The van der Waals surface area contributed by atoms with Gasteiger partial charge in [-0.3, -0.25) is 4.79 Å². The molecule has 1 aliphatic heterocycles. The Morgan fingerprint density at radius 3 is 2.79 bits per heavy atom. The molecule has 1 amide bonds. The van der Waals surface area contributed by atoms with Gasteiger partial charge in [-0.15, -0.1) is 28.8 Å². The zero-order valence-electron chi connectivity index (χ0n) is 15.6. The molecule has 0 unspecified atom stereocenters. The average Bonchev–Trinajstić information content (AvgIpc) is 3.35. The van der Waals surface area contributed by atoms with E-state index in [0.29, 0.717) is 18.3 Å². The minimum Gasteiger partial charge on any atom is -0.346 e. The molecule has 0 bridgehead atoms. The van der Waals surface area contributed by atoms with Gasteiger partial charge in [0.15, 0.2) is 5.69 Å². The van der Waals surface area contributed by atoms with Crippen molar-refractivity contribution < 1.29 is 4.79 Å². The molecular formula is C19H23ClN6OS. The van der Waals surface area contributed by atoms with E-state index in [2.05, 4.69) is 25.9 Å². The molecule has 0 atom stereocenters. The maximum Gasteiger partial charge on any atom is 0.273 e. The summed E-state index contributed by atoms with van der Waals surface area (Å²) >= 11 is 1.60. The number of rotatable bonds is 5. The molecule has 0 radical (unpaired) electrons. The van der Waals surface area contributed by atoms with Crippen molar-refractivity contribution in [2.75, 3.05) is 13.1 Å². The van der Waals surface area contributed by atoms with E-state index in [1.54, 1.807) is 17.5 Å². The summed E-state index contributed by atoms with van der Waals surface area (Å²) in [5.41, 5.74) is 2.39. The van der Waals surface area contributed by atoms with Crippen LogP contribution in [0.3, 0.4) is 0 Å². The van der Waals surface area contributed by atoms with Crippen molar-refractivity contribution in [1.29, 1.82) is 0 Å². The zero-order chi connectivity index (χ0) is 18.6. The van der Waals surface area contributed by atoms with E-state index in [-0.39, 0.29) is 18.3 Å². The highest BCUT2D eigenvalue weighted by molar-refractivity contribution is 7.15. The number of halogens is 1. The van der Waals surface area contributed by atoms with E-state index in [1.165, 1.54) is 0 Å². The van der Waals surface area contributed by atoms with Crippen molar-refractivity contribution in [3.8, 4) is 10.6 Å². The zero-order valence-corrected chi connectivity index (χ0v) is 17.2. The molecule has 1 fully saturated rings. The number of nitrogens with one attached hydrogen (secondary N) is 2. The van der Waals surface area contributed by atoms with Crippen LogP contribution in [0.4, 0.5) is 0 Å². The number of amides is 1. The van der Waals surface area contributed by atoms with Gasteiger partial charge in [0.1, 0.15) is 5.01 Å². The first kappa shape index (κ1) is 20.4. The number of carbonyl (C=O) groups is 1. The van der Waals surface area contributed by atoms with E-state index in [0.717, 1.165) is 47.1 Å². The minimum atomic E-state index is -0.204. The maximum atomic E-state index is 12.4. The average molecular weight is 419 g/mol. The Balaban J connectivity index is 0.00000225. The molecule has 9 heteroatoms. The number of hydrogen-bond donors (Lipinski definition) is 2. The fourth-order valence-corrected chi connectivity index (χ4v) is 4.19. The highest BCUT2D eigenvalue weighted by atomic mass is 35.5. The van der Waals surface area contributed by atoms with E-state index < -0.39 is 0 Å². The molecule has 28 heavy (non-hydrogen) atoms. The lowest BCUT2D eigenvalue weighted by Gasteiger charge is -2.22. The van der Waals surface area contributed by atoms with Crippen molar-refractivity contribution in [3.63, 3.8) is 0 Å². The van der Waals surface area contributed by atoms with E-state index >= 15 is 0 Å². The fourth-order valence-electron chi connectivity index (χ4n) is 3.18. The fraction of sp³-hybridized carbons (Fsp3) is 0.368. The molecule has 2 N–H and O–H groups in total. The lowest BCUT2D eigenvalue weighted by molar-refractivity contribution is 0.0946. The second-order valence-electron chi connectivity index (χ2n) is 6.64. The first-order valence-electron chi connectivity index (χ1n) is 9.13. The summed E-state index contributed by atoms with van der Waals surface area (Å²) in [5, 5.41) is 15.4. The van der Waals surface area contributed by atoms with Crippen LogP contribution >= 0.6 is 23.7 Å². The van der Waals surface area contributed by atoms with Gasteiger partial charge in [0, 0.05) is 10.4 Å². The Kier molecular flexibility index (Phi) is 6.77. The Morgan fingerprint density at radius 1 is 1.29 bits per heavy atom. The summed E-state index contributed by atoms with van der Waals surface area (Å²) in [6.07, 6.45) is 3.76. The van der Waals surface area contributed by atoms with Crippen molar-refractivity contribution >= 4 is 29.7 Å². The molecule has 0 aliphatic carbocycles. The number of nitrogens with zero attached hydrogens (tertiary/aromatic N) is 4. The predicted octanol–water partition coefficient (Wildman–Crippen LogP) is 2.99. The quantitative estimate of drug-likeness (QED) is 0.665. The predicted molar refractivity (Wildman–Crippen MR) is 112 cm³/mol. The molecule has 7 nitrogen and oxygen atoms in total. The van der Waals surface area contributed by atoms with Crippen LogP contribution in [-0.4, -0.2) is 39.0 Å². The van der Waals surface area contributed by atoms with Crippen molar-refractivity contribution in [1.82, 2.24) is 30.6 Å². The van der Waals surface area contributed by atoms with Crippen LogP contribution in [0.1, 0.15) is 39.9 Å². The van der Waals surface area contributed by atoms with Crippen molar-refractivity contribution in [2.45, 2.75) is 32.4 Å². The monoisotopic (exact) mass is 418 g/mol. The number of thiazole rings is 1.